The lowest BCUT2D eigenvalue weighted by atomic mass is 9.98. The summed E-state index contributed by atoms with van der Waals surface area (Å²) in [5, 5.41) is 10.9. The Morgan fingerprint density at radius 2 is 2.03 bits per heavy atom. The maximum Gasteiger partial charge on any atom is 0.224 e. The second-order valence-corrected chi connectivity index (χ2v) is 8.74. The number of carbonyl (C=O) groups excluding carboxylic acids is 1. The zero-order valence-corrected chi connectivity index (χ0v) is 18.5. The molecule has 2 aromatic carbocycles. The van der Waals surface area contributed by atoms with Gasteiger partial charge < -0.3 is 15.5 Å². The number of amides is 1. The fourth-order valence-corrected chi connectivity index (χ4v) is 4.79. The average Bonchev–Trinajstić information content (AvgIpc) is 3.52. The highest BCUT2D eigenvalue weighted by atomic mass is 35.5. The van der Waals surface area contributed by atoms with Gasteiger partial charge in [0.1, 0.15) is 0 Å². The van der Waals surface area contributed by atoms with Crippen LogP contribution < -0.4 is 16.0 Å². The number of nitrogens with one attached hydrogen (secondary N) is 3. The number of likely N-dealkylation sites (tertiary alicyclic amines) is 1. The van der Waals surface area contributed by atoms with Gasteiger partial charge in [0, 0.05) is 30.8 Å². The third-order valence-electron chi connectivity index (χ3n) is 6.22. The third kappa shape index (κ3) is 4.64. The first kappa shape index (κ1) is 21.2. The van der Waals surface area contributed by atoms with Crippen molar-refractivity contribution in [3.8, 4) is 11.1 Å². The summed E-state index contributed by atoms with van der Waals surface area (Å²) in [4.78, 5) is 14.7. The summed E-state index contributed by atoms with van der Waals surface area (Å²) in [6.07, 6.45) is 4.08. The number of rotatable bonds is 7. The standard InChI is InChI=1S/C24H31ClN4O/c1-16-7-3-4-8-18(16)19-11-10-17(15-20(19)25)27-24-23(28-24)21-9-5-6-14-29(21)22(30)12-13-26-2/h3-4,7-8,10-11,15,21,23-24,26-28H,5-6,9,12-14H2,1-2H3/t21-,23?,24?/m1/s1. The Bertz CT molecular complexity index is 903. The molecule has 2 unspecified atom stereocenters. The van der Waals surface area contributed by atoms with Crippen LogP contribution in [0.1, 0.15) is 31.2 Å². The smallest absolute Gasteiger partial charge is 0.224 e. The molecule has 3 N–H and O–H groups in total. The van der Waals surface area contributed by atoms with Crippen LogP contribution >= 0.6 is 11.6 Å². The molecule has 2 saturated heterocycles. The van der Waals surface area contributed by atoms with Crippen molar-refractivity contribution in [1.29, 1.82) is 0 Å². The first-order valence-corrected chi connectivity index (χ1v) is 11.3. The number of piperidine rings is 1. The molecule has 30 heavy (non-hydrogen) atoms. The summed E-state index contributed by atoms with van der Waals surface area (Å²) >= 11 is 6.62. The van der Waals surface area contributed by atoms with Crippen LogP contribution in [0.4, 0.5) is 5.69 Å². The highest BCUT2D eigenvalue weighted by Crippen LogP contribution is 2.34. The molecule has 0 aliphatic carbocycles. The van der Waals surface area contributed by atoms with E-state index in [1.165, 1.54) is 12.0 Å². The number of halogens is 1. The number of hydrogen-bond donors (Lipinski definition) is 3. The highest BCUT2D eigenvalue weighted by molar-refractivity contribution is 6.33. The summed E-state index contributed by atoms with van der Waals surface area (Å²) in [7, 11) is 1.89. The number of benzene rings is 2. The minimum absolute atomic E-state index is 0.174. The molecule has 0 spiro atoms. The molecule has 2 aliphatic heterocycles. The minimum atomic E-state index is 0.174. The Morgan fingerprint density at radius 1 is 1.20 bits per heavy atom. The van der Waals surface area contributed by atoms with Crippen molar-refractivity contribution < 1.29 is 4.79 Å². The fourth-order valence-electron chi connectivity index (χ4n) is 4.51. The summed E-state index contributed by atoms with van der Waals surface area (Å²) < 4.78 is 0. The van der Waals surface area contributed by atoms with Crippen molar-refractivity contribution in [2.24, 2.45) is 0 Å². The van der Waals surface area contributed by atoms with Gasteiger partial charge in [0.15, 0.2) is 0 Å². The lowest BCUT2D eigenvalue weighted by Crippen LogP contribution is -2.48. The number of anilines is 1. The van der Waals surface area contributed by atoms with E-state index < -0.39 is 0 Å². The Hall–Kier alpha value is -2.08. The molecule has 5 nitrogen and oxygen atoms in total. The lowest BCUT2D eigenvalue weighted by molar-refractivity contribution is -0.134. The van der Waals surface area contributed by atoms with E-state index in [0.717, 1.165) is 47.8 Å². The molecule has 0 radical (unpaired) electrons. The Kier molecular flexibility index (Phi) is 6.61. The van der Waals surface area contributed by atoms with E-state index in [0.29, 0.717) is 12.5 Å². The molecule has 3 atom stereocenters. The summed E-state index contributed by atoms with van der Waals surface area (Å²) in [5.74, 6) is 0.257. The van der Waals surface area contributed by atoms with Gasteiger partial charge in [-0.3, -0.25) is 10.1 Å². The van der Waals surface area contributed by atoms with Gasteiger partial charge in [-0.05, 0) is 56.5 Å². The maximum atomic E-state index is 12.6. The van der Waals surface area contributed by atoms with Crippen LogP contribution in [-0.4, -0.2) is 49.2 Å². The van der Waals surface area contributed by atoms with Gasteiger partial charge in [-0.2, -0.15) is 0 Å². The third-order valence-corrected chi connectivity index (χ3v) is 6.53. The Labute approximate surface area is 184 Å². The fraction of sp³-hybridized carbons (Fsp3) is 0.458. The van der Waals surface area contributed by atoms with Gasteiger partial charge >= 0.3 is 0 Å². The molecule has 160 valence electrons. The molecular formula is C24H31ClN4O. The zero-order valence-electron chi connectivity index (χ0n) is 17.7. The molecule has 6 heteroatoms. The van der Waals surface area contributed by atoms with Crippen molar-refractivity contribution in [2.75, 3.05) is 25.5 Å². The number of hydrogen-bond acceptors (Lipinski definition) is 4. The summed E-state index contributed by atoms with van der Waals surface area (Å²) in [5.41, 5.74) is 4.43. The average molecular weight is 427 g/mol. The highest BCUT2D eigenvalue weighted by Gasteiger charge is 2.46. The number of carbonyl (C=O) groups is 1. The van der Waals surface area contributed by atoms with Gasteiger partial charge in [-0.1, -0.05) is 41.9 Å². The minimum Gasteiger partial charge on any atom is -0.368 e. The van der Waals surface area contributed by atoms with Crippen LogP contribution in [0.3, 0.4) is 0 Å². The largest absolute Gasteiger partial charge is 0.368 e. The summed E-state index contributed by atoms with van der Waals surface area (Å²) in [6, 6.07) is 15.0. The van der Waals surface area contributed by atoms with E-state index in [1.54, 1.807) is 0 Å². The van der Waals surface area contributed by atoms with Crippen molar-refractivity contribution in [1.82, 2.24) is 15.5 Å². The molecule has 0 bridgehead atoms. The monoisotopic (exact) mass is 426 g/mol. The SMILES string of the molecule is CNCCC(=O)N1CCCC[C@@H]1C1NC1Nc1ccc(-c2ccccc2C)c(Cl)c1. The first-order valence-electron chi connectivity index (χ1n) is 10.9. The normalized spacial score (nSPS) is 23.3. The molecule has 4 rings (SSSR count). The Balaban J connectivity index is 1.41. The van der Waals surface area contributed by atoms with E-state index in [1.807, 2.05) is 25.2 Å². The first-order chi connectivity index (χ1) is 14.6. The van der Waals surface area contributed by atoms with Crippen molar-refractivity contribution in [3.63, 3.8) is 0 Å². The van der Waals surface area contributed by atoms with Gasteiger partial charge in [-0.15, -0.1) is 0 Å². The van der Waals surface area contributed by atoms with E-state index in [2.05, 4.69) is 52.0 Å². The van der Waals surface area contributed by atoms with Crippen LogP contribution in [0.2, 0.25) is 5.02 Å². The quantitative estimate of drug-likeness (QED) is 0.585. The molecule has 2 aliphatic rings. The molecule has 0 saturated carbocycles. The molecular weight excluding hydrogens is 396 g/mol. The predicted molar refractivity (Wildman–Crippen MR) is 124 cm³/mol. The number of nitrogens with zero attached hydrogens (tertiary/aromatic N) is 1. The Morgan fingerprint density at radius 3 is 2.80 bits per heavy atom. The van der Waals surface area contributed by atoms with E-state index in [9.17, 15) is 4.79 Å². The van der Waals surface area contributed by atoms with Crippen molar-refractivity contribution in [3.05, 3.63) is 53.1 Å². The van der Waals surface area contributed by atoms with Gasteiger partial charge in [0.25, 0.3) is 0 Å². The van der Waals surface area contributed by atoms with Gasteiger partial charge in [-0.25, -0.2) is 0 Å². The van der Waals surface area contributed by atoms with Gasteiger partial charge in [0.05, 0.1) is 23.3 Å². The van der Waals surface area contributed by atoms with Gasteiger partial charge in [0.2, 0.25) is 5.91 Å². The van der Waals surface area contributed by atoms with E-state index >= 15 is 0 Å². The predicted octanol–water partition coefficient (Wildman–Crippen LogP) is 4.02. The summed E-state index contributed by atoms with van der Waals surface area (Å²) in [6.45, 7) is 3.70. The zero-order chi connectivity index (χ0) is 21.1. The van der Waals surface area contributed by atoms with Crippen LogP contribution in [0.25, 0.3) is 11.1 Å². The maximum absolute atomic E-state index is 12.6. The second kappa shape index (κ2) is 9.38. The van der Waals surface area contributed by atoms with Crippen molar-refractivity contribution in [2.45, 2.75) is 50.9 Å². The molecule has 0 aromatic heterocycles. The van der Waals surface area contributed by atoms with E-state index in [4.69, 9.17) is 11.6 Å². The molecule has 2 fully saturated rings. The van der Waals surface area contributed by atoms with Crippen LogP contribution in [0.15, 0.2) is 42.5 Å². The second-order valence-electron chi connectivity index (χ2n) is 8.33. The molecule has 2 aromatic rings. The number of aryl methyl sites for hydroxylation is 1. The van der Waals surface area contributed by atoms with Crippen LogP contribution in [0.5, 0.6) is 0 Å². The van der Waals surface area contributed by atoms with E-state index in [-0.39, 0.29) is 18.1 Å². The van der Waals surface area contributed by atoms with Crippen LogP contribution in [-0.2, 0) is 4.79 Å². The van der Waals surface area contributed by atoms with Crippen LogP contribution in [0, 0.1) is 6.92 Å². The van der Waals surface area contributed by atoms with Crippen molar-refractivity contribution >= 4 is 23.2 Å². The molecule has 1 amide bonds. The lowest BCUT2D eigenvalue weighted by Gasteiger charge is -2.36. The topological polar surface area (TPSA) is 66.3 Å². The molecule has 2 heterocycles.